The predicted molar refractivity (Wildman–Crippen MR) is 47.7 cm³/mol. The Morgan fingerprint density at radius 1 is 1.64 bits per heavy atom. The zero-order valence-corrected chi connectivity index (χ0v) is 7.59. The fourth-order valence-electron chi connectivity index (χ4n) is 1.24. The van der Waals surface area contributed by atoms with Crippen LogP contribution in [-0.4, -0.2) is 4.98 Å². The lowest BCUT2D eigenvalue weighted by Gasteiger charge is -2.10. The van der Waals surface area contributed by atoms with E-state index in [4.69, 9.17) is 11.0 Å². The summed E-state index contributed by atoms with van der Waals surface area (Å²) in [6, 6.07) is 1.83. The van der Waals surface area contributed by atoms with Crippen LogP contribution in [0.2, 0.25) is 0 Å². The second kappa shape index (κ2) is 4.01. The lowest BCUT2D eigenvalue weighted by molar-refractivity contribution is 0.151. The molecule has 0 fully saturated rings. The summed E-state index contributed by atoms with van der Waals surface area (Å²) in [6.45, 7) is 1.63. The highest BCUT2D eigenvalue weighted by Gasteiger charge is 2.18. The van der Waals surface area contributed by atoms with Crippen LogP contribution in [0.1, 0.15) is 23.1 Å². The fourth-order valence-corrected chi connectivity index (χ4v) is 1.24. The molecule has 0 aliphatic rings. The molecule has 0 saturated heterocycles. The van der Waals surface area contributed by atoms with Crippen molar-refractivity contribution in [2.24, 2.45) is 0 Å². The number of nitrogens with zero attached hydrogens (tertiary/aromatic N) is 2. The summed E-state index contributed by atoms with van der Waals surface area (Å²) in [6.07, 6.45) is -1.36. The Labute approximate surface area is 80.2 Å². The molecule has 0 atom stereocenters. The van der Waals surface area contributed by atoms with Gasteiger partial charge in [-0.15, -0.1) is 0 Å². The maximum absolute atomic E-state index is 12.6. The van der Waals surface area contributed by atoms with Gasteiger partial charge in [-0.3, -0.25) is 0 Å². The van der Waals surface area contributed by atoms with E-state index in [1.165, 1.54) is 6.20 Å². The first-order chi connectivity index (χ1) is 6.57. The number of nitrogens with two attached hydrogens (primary N) is 1. The summed E-state index contributed by atoms with van der Waals surface area (Å²) in [7, 11) is 0. The van der Waals surface area contributed by atoms with Gasteiger partial charge in [0.15, 0.2) is 0 Å². The van der Waals surface area contributed by atoms with E-state index < -0.39 is 6.43 Å². The smallest absolute Gasteiger partial charge is 0.267 e. The Balaban J connectivity index is 3.35. The van der Waals surface area contributed by atoms with Gasteiger partial charge in [0.25, 0.3) is 6.43 Å². The van der Waals surface area contributed by atoms with Crippen molar-refractivity contribution in [2.45, 2.75) is 19.8 Å². The van der Waals surface area contributed by atoms with Crippen LogP contribution in [0.15, 0.2) is 6.20 Å². The van der Waals surface area contributed by atoms with Gasteiger partial charge < -0.3 is 5.73 Å². The molecule has 0 spiro atoms. The third-order valence-corrected chi connectivity index (χ3v) is 1.95. The van der Waals surface area contributed by atoms with Crippen LogP contribution in [0.5, 0.6) is 0 Å². The first kappa shape index (κ1) is 10.4. The first-order valence-electron chi connectivity index (χ1n) is 3.96. The topological polar surface area (TPSA) is 62.7 Å². The number of aromatic nitrogens is 1. The standard InChI is InChI=1S/C9H9F2N3/c1-5-4-14-9(13)7(8(10)11)6(5)2-3-12/h4,8H,2H2,1H3,(H2,13,14). The number of halogens is 2. The molecule has 1 heterocycles. The number of nitriles is 1. The SMILES string of the molecule is Cc1cnc(N)c(C(F)F)c1CC#N. The molecule has 3 nitrogen and oxygen atoms in total. The molecule has 74 valence electrons. The molecule has 1 aromatic rings. The number of pyridine rings is 1. The minimum Gasteiger partial charge on any atom is -0.383 e. The third-order valence-electron chi connectivity index (χ3n) is 1.95. The Morgan fingerprint density at radius 2 is 2.29 bits per heavy atom. The van der Waals surface area contributed by atoms with Gasteiger partial charge in [0, 0.05) is 6.20 Å². The van der Waals surface area contributed by atoms with E-state index in [1.807, 2.05) is 6.07 Å². The van der Waals surface area contributed by atoms with Crippen molar-refractivity contribution in [2.75, 3.05) is 5.73 Å². The first-order valence-corrected chi connectivity index (χ1v) is 3.96. The summed E-state index contributed by atoms with van der Waals surface area (Å²) in [5, 5.41) is 8.49. The van der Waals surface area contributed by atoms with E-state index in [2.05, 4.69) is 4.98 Å². The molecule has 1 rings (SSSR count). The van der Waals surface area contributed by atoms with Crippen LogP contribution >= 0.6 is 0 Å². The zero-order chi connectivity index (χ0) is 10.7. The molecule has 0 bridgehead atoms. The van der Waals surface area contributed by atoms with Gasteiger partial charge in [0.2, 0.25) is 0 Å². The molecule has 0 aliphatic carbocycles. The molecular weight excluding hydrogens is 188 g/mol. The number of aryl methyl sites for hydroxylation is 1. The molecule has 1 aromatic heterocycles. The minimum atomic E-state index is -2.69. The van der Waals surface area contributed by atoms with Gasteiger partial charge in [0.05, 0.1) is 18.1 Å². The number of alkyl halides is 2. The fraction of sp³-hybridized carbons (Fsp3) is 0.333. The van der Waals surface area contributed by atoms with E-state index in [-0.39, 0.29) is 23.4 Å². The van der Waals surface area contributed by atoms with Crippen molar-refractivity contribution in [1.82, 2.24) is 4.98 Å². The van der Waals surface area contributed by atoms with Crippen molar-refractivity contribution in [1.29, 1.82) is 5.26 Å². The Kier molecular flexibility index (Phi) is 2.97. The van der Waals surface area contributed by atoms with Crippen LogP contribution in [0.3, 0.4) is 0 Å². The summed E-state index contributed by atoms with van der Waals surface area (Å²) in [5.74, 6) is -0.198. The Hall–Kier alpha value is -1.70. The summed E-state index contributed by atoms with van der Waals surface area (Å²) < 4.78 is 25.1. The summed E-state index contributed by atoms with van der Waals surface area (Å²) >= 11 is 0. The van der Waals surface area contributed by atoms with Crippen LogP contribution in [0, 0.1) is 18.3 Å². The molecule has 2 N–H and O–H groups in total. The quantitative estimate of drug-likeness (QED) is 0.788. The van der Waals surface area contributed by atoms with Gasteiger partial charge in [-0.25, -0.2) is 13.8 Å². The lowest BCUT2D eigenvalue weighted by Crippen LogP contribution is -2.05. The highest BCUT2D eigenvalue weighted by molar-refractivity contribution is 5.49. The van der Waals surface area contributed by atoms with Gasteiger partial charge in [-0.1, -0.05) is 0 Å². The van der Waals surface area contributed by atoms with E-state index in [0.29, 0.717) is 5.56 Å². The molecule has 0 unspecified atom stereocenters. The lowest BCUT2D eigenvalue weighted by atomic mass is 10.0. The van der Waals surface area contributed by atoms with Gasteiger partial charge >= 0.3 is 0 Å². The zero-order valence-electron chi connectivity index (χ0n) is 7.59. The molecule has 0 amide bonds. The maximum atomic E-state index is 12.6. The normalized spacial score (nSPS) is 10.2. The van der Waals surface area contributed by atoms with E-state index in [9.17, 15) is 8.78 Å². The summed E-state index contributed by atoms with van der Waals surface area (Å²) in [4.78, 5) is 3.63. The molecule has 14 heavy (non-hydrogen) atoms. The number of anilines is 1. The van der Waals surface area contributed by atoms with Crippen LogP contribution in [0.25, 0.3) is 0 Å². The minimum absolute atomic E-state index is 0.0712. The van der Waals surface area contributed by atoms with Crippen LogP contribution in [-0.2, 0) is 6.42 Å². The predicted octanol–water partition coefficient (Wildman–Crippen LogP) is 1.98. The number of rotatable bonds is 2. The molecule has 0 aromatic carbocycles. The highest BCUT2D eigenvalue weighted by atomic mass is 19.3. The third kappa shape index (κ3) is 1.79. The van der Waals surface area contributed by atoms with E-state index in [1.54, 1.807) is 6.92 Å². The van der Waals surface area contributed by atoms with Crippen LogP contribution in [0.4, 0.5) is 14.6 Å². The molecule has 0 aliphatic heterocycles. The van der Waals surface area contributed by atoms with E-state index >= 15 is 0 Å². The monoisotopic (exact) mass is 197 g/mol. The molecule has 5 heteroatoms. The number of hydrogen-bond donors (Lipinski definition) is 1. The second-order valence-corrected chi connectivity index (χ2v) is 2.85. The largest absolute Gasteiger partial charge is 0.383 e. The van der Waals surface area contributed by atoms with Crippen molar-refractivity contribution in [3.05, 3.63) is 22.9 Å². The molecular formula is C9H9F2N3. The van der Waals surface area contributed by atoms with Crippen molar-refractivity contribution in [3.63, 3.8) is 0 Å². The van der Waals surface area contributed by atoms with Gasteiger partial charge in [-0.05, 0) is 18.1 Å². The van der Waals surface area contributed by atoms with Gasteiger partial charge in [-0.2, -0.15) is 5.26 Å². The maximum Gasteiger partial charge on any atom is 0.267 e. The van der Waals surface area contributed by atoms with Gasteiger partial charge in [0.1, 0.15) is 5.82 Å². The van der Waals surface area contributed by atoms with Crippen molar-refractivity contribution in [3.8, 4) is 6.07 Å². The van der Waals surface area contributed by atoms with Crippen LogP contribution < -0.4 is 5.73 Å². The van der Waals surface area contributed by atoms with Crippen molar-refractivity contribution < 1.29 is 8.78 Å². The Bertz CT molecular complexity index is 382. The molecule has 0 radical (unpaired) electrons. The van der Waals surface area contributed by atoms with Crippen molar-refractivity contribution >= 4 is 5.82 Å². The Morgan fingerprint density at radius 3 is 2.79 bits per heavy atom. The highest BCUT2D eigenvalue weighted by Crippen LogP contribution is 2.29. The second-order valence-electron chi connectivity index (χ2n) is 2.85. The average molecular weight is 197 g/mol. The molecule has 0 saturated carbocycles. The number of hydrogen-bond acceptors (Lipinski definition) is 3. The van der Waals surface area contributed by atoms with E-state index in [0.717, 1.165) is 0 Å². The average Bonchev–Trinajstić information content (AvgIpc) is 2.11. The summed E-state index contributed by atoms with van der Waals surface area (Å²) in [5.41, 5.74) is 5.86. The number of nitrogen functional groups attached to an aromatic ring is 1.